The van der Waals surface area contributed by atoms with Crippen molar-refractivity contribution in [2.45, 2.75) is 25.7 Å². The Balaban J connectivity index is 3.89. The molecular formula is C10H14O7S. The summed E-state index contributed by atoms with van der Waals surface area (Å²) in [7, 11) is -1.69. The maximum absolute atomic E-state index is 11.3. The van der Waals surface area contributed by atoms with Crippen LogP contribution in [0.1, 0.15) is 25.7 Å². The molecule has 0 aliphatic heterocycles. The molecule has 18 heavy (non-hydrogen) atoms. The highest BCUT2D eigenvalue weighted by Crippen LogP contribution is 1.97. The molecule has 0 rings (SSSR count). The molecule has 0 spiro atoms. The molecule has 0 amide bonds. The molecule has 0 aromatic heterocycles. The molecular weight excluding hydrogens is 264 g/mol. The van der Waals surface area contributed by atoms with Crippen molar-refractivity contribution >= 4 is 34.3 Å². The third-order valence-electron chi connectivity index (χ3n) is 1.88. The molecule has 2 N–H and O–H groups in total. The number of carbonyl (C=O) groups is 4. The number of rotatable bonds is 10. The normalized spacial score (nSPS) is 10.3. The number of carboxylic acid groups (broad SMARTS) is 2. The Morgan fingerprint density at radius 2 is 1.06 bits per heavy atom. The highest BCUT2D eigenvalue weighted by atomic mass is 32.2. The largest absolute Gasteiger partial charge is 0.481 e. The molecule has 0 heterocycles. The van der Waals surface area contributed by atoms with E-state index in [0.717, 1.165) is 0 Å². The molecule has 0 bridgehead atoms. The van der Waals surface area contributed by atoms with Crippen LogP contribution in [-0.2, 0) is 30.0 Å². The van der Waals surface area contributed by atoms with Crippen LogP contribution in [0.25, 0.3) is 0 Å². The first kappa shape index (κ1) is 16.4. The van der Waals surface area contributed by atoms with Crippen LogP contribution in [0.2, 0.25) is 0 Å². The van der Waals surface area contributed by atoms with Crippen molar-refractivity contribution in [2.75, 3.05) is 11.5 Å². The zero-order valence-corrected chi connectivity index (χ0v) is 10.4. The molecule has 0 radical (unpaired) electrons. The smallest absolute Gasteiger partial charge is 0.303 e. The third-order valence-corrected chi connectivity index (χ3v) is 3.17. The van der Waals surface area contributed by atoms with Crippen molar-refractivity contribution in [1.82, 2.24) is 0 Å². The fraction of sp³-hybridized carbons (Fsp3) is 0.600. The number of hydrogen-bond donors (Lipinski definition) is 2. The van der Waals surface area contributed by atoms with Gasteiger partial charge in [-0.1, -0.05) is 0 Å². The molecule has 7 nitrogen and oxygen atoms in total. The standard InChI is InChI=1S/C10H14O7S/c11-7(1-3-9(13)14)5-18(17)6-8(12)2-4-10(15)16/h1-6H2,(H,13,14)(H,15,16). The van der Waals surface area contributed by atoms with Gasteiger partial charge in [-0.05, 0) is 0 Å². The summed E-state index contributed by atoms with van der Waals surface area (Å²) in [5, 5.41) is 16.7. The van der Waals surface area contributed by atoms with Crippen molar-refractivity contribution in [3.8, 4) is 0 Å². The van der Waals surface area contributed by atoms with Gasteiger partial charge in [-0.25, -0.2) is 0 Å². The van der Waals surface area contributed by atoms with Gasteiger partial charge >= 0.3 is 11.9 Å². The van der Waals surface area contributed by atoms with Gasteiger partial charge in [0.05, 0.1) is 24.3 Å². The SMILES string of the molecule is O=C(O)CCC(=O)CS(=O)CC(=O)CCC(=O)O. The van der Waals surface area contributed by atoms with Gasteiger partial charge in [-0.3, -0.25) is 23.4 Å². The number of carbonyl (C=O) groups excluding carboxylic acids is 2. The summed E-state index contributed by atoms with van der Waals surface area (Å²) < 4.78 is 11.3. The maximum Gasteiger partial charge on any atom is 0.303 e. The number of Topliss-reactive ketones (excluding diaryl/α,β-unsaturated/α-hetero) is 2. The second kappa shape index (κ2) is 8.51. The van der Waals surface area contributed by atoms with Crippen molar-refractivity contribution in [3.63, 3.8) is 0 Å². The summed E-state index contributed by atoms with van der Waals surface area (Å²) >= 11 is 0. The van der Waals surface area contributed by atoms with Crippen molar-refractivity contribution in [2.24, 2.45) is 0 Å². The van der Waals surface area contributed by atoms with Crippen LogP contribution < -0.4 is 0 Å². The van der Waals surface area contributed by atoms with E-state index in [1.165, 1.54) is 0 Å². The summed E-state index contributed by atoms with van der Waals surface area (Å²) in [5.74, 6) is -3.94. The molecule has 0 aromatic carbocycles. The van der Waals surface area contributed by atoms with Crippen LogP contribution in [0.15, 0.2) is 0 Å². The van der Waals surface area contributed by atoms with Crippen LogP contribution in [0.3, 0.4) is 0 Å². The first-order chi connectivity index (χ1) is 8.31. The summed E-state index contributed by atoms with van der Waals surface area (Å²) in [5.41, 5.74) is 0. The summed E-state index contributed by atoms with van der Waals surface area (Å²) in [4.78, 5) is 42.6. The minimum atomic E-state index is -1.69. The zero-order chi connectivity index (χ0) is 14.1. The average Bonchev–Trinajstić information content (AvgIpc) is 2.23. The van der Waals surface area contributed by atoms with Gasteiger partial charge in [-0.15, -0.1) is 0 Å². The van der Waals surface area contributed by atoms with Crippen molar-refractivity contribution < 1.29 is 33.6 Å². The molecule has 0 aliphatic rings. The third kappa shape index (κ3) is 9.64. The van der Waals surface area contributed by atoms with E-state index < -0.39 is 34.3 Å². The minimum Gasteiger partial charge on any atom is -0.481 e. The fourth-order valence-electron chi connectivity index (χ4n) is 1.05. The van der Waals surface area contributed by atoms with Gasteiger partial charge in [0.1, 0.15) is 11.6 Å². The van der Waals surface area contributed by atoms with Gasteiger partial charge in [0.25, 0.3) is 0 Å². The number of hydrogen-bond acceptors (Lipinski definition) is 5. The summed E-state index contributed by atoms with van der Waals surface area (Å²) in [6.45, 7) is 0. The van der Waals surface area contributed by atoms with E-state index in [1.807, 2.05) is 0 Å². The number of carboxylic acids is 2. The van der Waals surface area contributed by atoms with E-state index in [4.69, 9.17) is 10.2 Å². The highest BCUT2D eigenvalue weighted by Gasteiger charge is 2.14. The van der Waals surface area contributed by atoms with E-state index in [0.29, 0.717) is 0 Å². The molecule has 0 saturated carbocycles. The Morgan fingerprint density at radius 3 is 1.33 bits per heavy atom. The first-order valence-corrected chi connectivity index (χ1v) is 6.62. The molecule has 0 fully saturated rings. The Morgan fingerprint density at radius 1 is 0.722 bits per heavy atom. The second-order valence-electron chi connectivity index (χ2n) is 3.59. The molecule has 0 unspecified atom stereocenters. The summed E-state index contributed by atoms with van der Waals surface area (Å²) in [6, 6.07) is 0. The Bertz CT molecular complexity index is 340. The topological polar surface area (TPSA) is 126 Å². The van der Waals surface area contributed by atoms with E-state index in [2.05, 4.69) is 0 Å². The highest BCUT2D eigenvalue weighted by molar-refractivity contribution is 7.86. The molecule has 0 aliphatic carbocycles. The van der Waals surface area contributed by atoms with Crippen LogP contribution in [0, 0.1) is 0 Å². The minimum absolute atomic E-state index is 0.218. The summed E-state index contributed by atoms with van der Waals surface area (Å²) in [6.07, 6.45) is -1.10. The quantitative estimate of drug-likeness (QED) is 0.557. The van der Waals surface area contributed by atoms with E-state index in [1.54, 1.807) is 0 Å². The van der Waals surface area contributed by atoms with Crippen molar-refractivity contribution in [1.29, 1.82) is 0 Å². The second-order valence-corrected chi connectivity index (χ2v) is 5.05. The van der Waals surface area contributed by atoms with Crippen LogP contribution in [-0.4, -0.2) is 49.4 Å². The predicted octanol–water partition coefficient (Wildman–Crippen LogP) is -0.397. The van der Waals surface area contributed by atoms with E-state index in [-0.39, 0.29) is 37.2 Å². The van der Waals surface area contributed by atoms with Crippen molar-refractivity contribution in [3.05, 3.63) is 0 Å². The number of ketones is 2. The maximum atomic E-state index is 11.3. The van der Waals surface area contributed by atoms with Gasteiger partial charge < -0.3 is 10.2 Å². The van der Waals surface area contributed by atoms with E-state index >= 15 is 0 Å². The first-order valence-electron chi connectivity index (χ1n) is 5.13. The fourth-order valence-corrected chi connectivity index (χ4v) is 2.16. The molecule has 0 atom stereocenters. The lowest BCUT2D eigenvalue weighted by molar-refractivity contribution is -0.138. The molecule has 0 aromatic rings. The lowest BCUT2D eigenvalue weighted by Gasteiger charge is -2.00. The Hall–Kier alpha value is -1.57. The monoisotopic (exact) mass is 278 g/mol. The van der Waals surface area contributed by atoms with Crippen LogP contribution >= 0.6 is 0 Å². The lowest BCUT2D eigenvalue weighted by Crippen LogP contribution is -2.19. The Kier molecular flexibility index (Phi) is 7.77. The van der Waals surface area contributed by atoms with Gasteiger partial charge in [0.15, 0.2) is 0 Å². The van der Waals surface area contributed by atoms with E-state index in [9.17, 15) is 23.4 Å². The van der Waals surface area contributed by atoms with Gasteiger partial charge in [-0.2, -0.15) is 0 Å². The zero-order valence-electron chi connectivity index (χ0n) is 9.59. The van der Waals surface area contributed by atoms with Gasteiger partial charge in [0, 0.05) is 23.6 Å². The lowest BCUT2D eigenvalue weighted by atomic mass is 10.2. The van der Waals surface area contributed by atoms with Gasteiger partial charge in [0.2, 0.25) is 0 Å². The van der Waals surface area contributed by atoms with Crippen LogP contribution in [0.4, 0.5) is 0 Å². The molecule has 8 heteroatoms. The average molecular weight is 278 g/mol. The Labute approximate surface area is 106 Å². The molecule has 102 valence electrons. The number of aliphatic carboxylic acids is 2. The predicted molar refractivity (Wildman–Crippen MR) is 61.6 cm³/mol. The molecule has 0 saturated heterocycles. The van der Waals surface area contributed by atoms with Crippen LogP contribution in [0.5, 0.6) is 0 Å².